The smallest absolute Gasteiger partial charge is 0.263 e. The molecule has 0 fully saturated rings. The Morgan fingerprint density at radius 2 is 1.17 bits per heavy atom. The van der Waals surface area contributed by atoms with Gasteiger partial charge in [0, 0.05) is 17.2 Å². The Hall–Kier alpha value is -3.61. The molecule has 7 heteroatoms. The number of hydrogen-bond acceptors (Lipinski definition) is 4. The van der Waals surface area contributed by atoms with Gasteiger partial charge in [0.25, 0.3) is 0 Å². The molecule has 3 aromatic carbocycles. The fourth-order valence-electron chi connectivity index (χ4n) is 3.95. The number of hydrogen-bond donors (Lipinski definition) is 0. The molecular formula is C22H12ClN2O4+. The third-order valence-electron chi connectivity index (χ3n) is 5.23. The molecule has 4 amide bonds. The molecular weight excluding hydrogens is 392 g/mol. The zero-order valence-corrected chi connectivity index (χ0v) is 15.6. The minimum atomic E-state index is -1.16. The van der Waals surface area contributed by atoms with E-state index in [0.29, 0.717) is 0 Å². The van der Waals surface area contributed by atoms with Crippen LogP contribution in [0.25, 0.3) is 0 Å². The van der Waals surface area contributed by atoms with E-state index in [1.807, 2.05) is 0 Å². The zero-order chi connectivity index (χ0) is 20.3. The number of nitrogens with zero attached hydrogens (tertiary/aromatic N) is 2. The normalized spacial score (nSPS) is 16.9. The lowest BCUT2D eigenvalue weighted by atomic mass is 10.1. The maximum Gasteiger partial charge on any atom is 0.384 e. The zero-order valence-electron chi connectivity index (χ0n) is 14.8. The number of benzene rings is 3. The van der Waals surface area contributed by atoms with Crippen molar-refractivity contribution < 1.29 is 19.2 Å². The third kappa shape index (κ3) is 2.10. The fourth-order valence-corrected chi connectivity index (χ4v) is 4.12. The number of para-hydroxylation sites is 1. The molecule has 0 aliphatic carbocycles. The van der Waals surface area contributed by atoms with Gasteiger partial charge in [0.05, 0.1) is 22.3 Å². The Labute approximate surface area is 170 Å². The molecule has 0 saturated heterocycles. The molecule has 3 aromatic rings. The summed E-state index contributed by atoms with van der Waals surface area (Å²) < 4.78 is -1.16. The van der Waals surface area contributed by atoms with E-state index >= 15 is 0 Å². The van der Waals surface area contributed by atoms with Crippen LogP contribution in [0.4, 0.5) is 5.69 Å². The monoisotopic (exact) mass is 403 g/mol. The average Bonchev–Trinajstić information content (AvgIpc) is 3.12. The average molecular weight is 404 g/mol. The highest BCUT2D eigenvalue weighted by molar-refractivity contribution is 6.35. The molecule has 2 aliphatic rings. The molecule has 2 heterocycles. The molecule has 6 nitrogen and oxygen atoms in total. The number of carbonyl (C=O) groups excluding carboxylic acids is 4. The van der Waals surface area contributed by atoms with Crippen LogP contribution in [-0.4, -0.2) is 28.6 Å². The molecule has 0 atom stereocenters. The number of fused-ring (bicyclic) bond motifs is 2. The second kappa shape index (κ2) is 5.94. The number of imide groups is 2. The van der Waals surface area contributed by atoms with Crippen LogP contribution in [0, 0.1) is 0 Å². The molecule has 2 aliphatic heterocycles. The molecule has 0 bridgehead atoms. The van der Waals surface area contributed by atoms with Crippen molar-refractivity contribution in [3.8, 4) is 0 Å². The lowest BCUT2D eigenvalue weighted by Gasteiger charge is -2.33. The first-order valence-corrected chi connectivity index (χ1v) is 9.18. The summed E-state index contributed by atoms with van der Waals surface area (Å²) in [6.07, 6.45) is 0. The summed E-state index contributed by atoms with van der Waals surface area (Å²) in [6, 6.07) is 18.7. The number of carbonyl (C=O) groups is 4. The number of quaternary nitrogens is 1. The van der Waals surface area contributed by atoms with Crippen molar-refractivity contribution in [2.24, 2.45) is 0 Å². The van der Waals surface area contributed by atoms with E-state index in [1.54, 1.807) is 42.5 Å². The van der Waals surface area contributed by atoms with E-state index in [9.17, 15) is 19.2 Å². The topological polar surface area (TPSA) is 71.5 Å². The summed E-state index contributed by atoms with van der Waals surface area (Å²) in [7, 11) is 0. The first-order chi connectivity index (χ1) is 14.0. The van der Waals surface area contributed by atoms with Crippen LogP contribution < -0.4 is 4.59 Å². The largest absolute Gasteiger partial charge is 0.384 e. The maximum absolute atomic E-state index is 13.6. The van der Waals surface area contributed by atoms with E-state index in [2.05, 4.69) is 0 Å². The van der Waals surface area contributed by atoms with Gasteiger partial charge in [0.1, 0.15) is 0 Å². The molecule has 0 spiro atoms. The number of halogens is 1. The Morgan fingerprint density at radius 3 is 1.79 bits per heavy atom. The van der Waals surface area contributed by atoms with Crippen LogP contribution >= 0.6 is 11.6 Å². The van der Waals surface area contributed by atoms with Gasteiger partial charge in [-0.2, -0.15) is 0 Å². The Kier molecular flexibility index (Phi) is 3.58. The van der Waals surface area contributed by atoms with E-state index < -0.39 is 28.2 Å². The van der Waals surface area contributed by atoms with Crippen LogP contribution in [0.15, 0.2) is 72.8 Å². The predicted octanol–water partition coefficient (Wildman–Crippen LogP) is 3.85. The van der Waals surface area contributed by atoms with E-state index in [0.717, 1.165) is 5.01 Å². The van der Waals surface area contributed by atoms with Crippen LogP contribution in [0.3, 0.4) is 0 Å². The molecule has 0 radical (unpaired) electrons. The minimum absolute atomic E-state index is 0.0625. The quantitative estimate of drug-likeness (QED) is 0.481. The summed E-state index contributed by atoms with van der Waals surface area (Å²) >= 11 is 6.00. The lowest BCUT2D eigenvalue weighted by Crippen LogP contribution is -2.67. The van der Waals surface area contributed by atoms with E-state index in [4.69, 9.17) is 11.6 Å². The third-order valence-corrected chi connectivity index (χ3v) is 5.47. The van der Waals surface area contributed by atoms with Crippen LogP contribution in [0.1, 0.15) is 41.4 Å². The summed E-state index contributed by atoms with van der Waals surface area (Å²) in [5.41, 5.74) is 0.697. The number of rotatable bonds is 2. The van der Waals surface area contributed by atoms with Crippen molar-refractivity contribution in [1.29, 1.82) is 0 Å². The second-order valence-corrected chi connectivity index (χ2v) is 7.18. The van der Waals surface area contributed by atoms with Gasteiger partial charge in [-0.05, 0) is 34.9 Å². The van der Waals surface area contributed by atoms with Crippen LogP contribution in [-0.2, 0) is 0 Å². The highest BCUT2D eigenvalue weighted by atomic mass is 35.5. The van der Waals surface area contributed by atoms with Gasteiger partial charge < -0.3 is 0 Å². The van der Waals surface area contributed by atoms with Crippen LogP contribution in [0.5, 0.6) is 0 Å². The van der Waals surface area contributed by atoms with Crippen molar-refractivity contribution in [2.75, 3.05) is 0 Å². The summed E-state index contributed by atoms with van der Waals surface area (Å²) in [5.74, 6) is -2.78. The fraction of sp³-hybridized carbons (Fsp3) is 0. The van der Waals surface area contributed by atoms with Crippen LogP contribution in [0.2, 0.25) is 5.02 Å². The van der Waals surface area contributed by atoms with Gasteiger partial charge in [-0.1, -0.05) is 46.9 Å². The van der Waals surface area contributed by atoms with Crippen molar-refractivity contribution >= 4 is 40.9 Å². The lowest BCUT2D eigenvalue weighted by molar-refractivity contribution is 0.0103. The van der Waals surface area contributed by atoms with E-state index in [-0.39, 0.29) is 33.0 Å². The van der Waals surface area contributed by atoms with Gasteiger partial charge in [0.2, 0.25) is 0 Å². The van der Waals surface area contributed by atoms with Crippen molar-refractivity contribution in [1.82, 2.24) is 9.60 Å². The van der Waals surface area contributed by atoms with Gasteiger partial charge in [-0.25, -0.2) is 9.59 Å². The minimum Gasteiger partial charge on any atom is -0.263 e. The SMILES string of the molecule is O=C1c2ccc(Cl)cc2C(=O)N1[N+]1(c2ccccc2)C(=O)c2ccccc2C1=O. The molecule has 5 rings (SSSR count). The van der Waals surface area contributed by atoms with Gasteiger partial charge in [0.15, 0.2) is 5.69 Å². The number of amides is 4. The first-order valence-electron chi connectivity index (χ1n) is 8.80. The molecule has 140 valence electrons. The van der Waals surface area contributed by atoms with E-state index in [1.165, 1.54) is 30.3 Å². The van der Waals surface area contributed by atoms with Gasteiger partial charge in [-0.15, -0.1) is 0 Å². The van der Waals surface area contributed by atoms with Crippen molar-refractivity contribution in [2.45, 2.75) is 0 Å². The van der Waals surface area contributed by atoms with Crippen molar-refractivity contribution in [3.63, 3.8) is 0 Å². The van der Waals surface area contributed by atoms with Gasteiger partial charge in [-0.3, -0.25) is 9.59 Å². The molecule has 0 unspecified atom stereocenters. The Bertz CT molecular complexity index is 1220. The highest BCUT2D eigenvalue weighted by Crippen LogP contribution is 2.41. The maximum atomic E-state index is 13.6. The summed E-state index contributed by atoms with van der Waals surface area (Å²) in [4.78, 5) is 53.8. The Balaban J connectivity index is 1.82. The summed E-state index contributed by atoms with van der Waals surface area (Å²) in [6.45, 7) is 0. The molecule has 29 heavy (non-hydrogen) atoms. The van der Waals surface area contributed by atoms with Crippen molar-refractivity contribution in [3.05, 3.63) is 100 Å². The highest BCUT2D eigenvalue weighted by Gasteiger charge is 2.66. The molecule has 0 aromatic heterocycles. The molecule has 0 saturated carbocycles. The molecule has 0 N–H and O–H groups in total. The first kappa shape index (κ1) is 17.5. The standard InChI is InChI=1S/C22H12ClN2O4/c23-13-10-11-15-18(12-13)20(27)24(19(15)26)25(14-6-2-1-3-7-14)21(28)16-8-4-5-9-17(16)22(25)29/h1-12H/q+1. The Morgan fingerprint density at radius 1 is 0.621 bits per heavy atom. The second-order valence-electron chi connectivity index (χ2n) is 6.74. The summed E-state index contributed by atoms with van der Waals surface area (Å²) in [5, 5.41) is 1.02. The predicted molar refractivity (Wildman–Crippen MR) is 105 cm³/mol. The van der Waals surface area contributed by atoms with Gasteiger partial charge >= 0.3 is 23.6 Å².